The molecule has 0 aromatic heterocycles. The van der Waals surface area contributed by atoms with Crippen molar-refractivity contribution in [2.75, 3.05) is 26.2 Å². The van der Waals surface area contributed by atoms with Gasteiger partial charge in [-0.25, -0.2) is 0 Å². The highest BCUT2D eigenvalue weighted by Gasteiger charge is 2.35. The highest BCUT2D eigenvalue weighted by atomic mass is 35.5. The lowest BCUT2D eigenvalue weighted by molar-refractivity contribution is 0.0786. The minimum atomic E-state index is 0. The lowest BCUT2D eigenvalue weighted by Gasteiger charge is -2.17. The van der Waals surface area contributed by atoms with E-state index in [1.54, 1.807) is 0 Å². The van der Waals surface area contributed by atoms with E-state index in [-0.39, 0.29) is 18.3 Å². The average molecular weight is 361 g/mol. The van der Waals surface area contributed by atoms with E-state index in [1.807, 2.05) is 54.3 Å². The summed E-state index contributed by atoms with van der Waals surface area (Å²) in [7, 11) is 0. The van der Waals surface area contributed by atoms with Crippen LogP contribution in [0.3, 0.4) is 0 Å². The first-order valence-corrected chi connectivity index (χ1v) is 8.50. The largest absolute Gasteiger partial charge is 0.494 e. The van der Waals surface area contributed by atoms with Crippen molar-refractivity contribution in [2.45, 2.75) is 12.8 Å². The zero-order valence-corrected chi connectivity index (χ0v) is 15.2. The van der Waals surface area contributed by atoms with Gasteiger partial charge in [0.1, 0.15) is 5.75 Å². The predicted molar refractivity (Wildman–Crippen MR) is 102 cm³/mol. The van der Waals surface area contributed by atoms with Crippen LogP contribution in [0.25, 0.3) is 0 Å². The fourth-order valence-electron chi connectivity index (χ4n) is 3.40. The molecular weight excluding hydrogens is 336 g/mol. The fraction of sp³-hybridized carbons (Fsp3) is 0.350. The van der Waals surface area contributed by atoms with Gasteiger partial charge in [-0.2, -0.15) is 0 Å². The Balaban J connectivity index is 0.00000225. The van der Waals surface area contributed by atoms with Crippen LogP contribution in [0.5, 0.6) is 5.75 Å². The second-order valence-electron chi connectivity index (χ2n) is 6.18. The molecule has 0 bridgehead atoms. The molecule has 2 aromatic rings. The molecule has 25 heavy (non-hydrogen) atoms. The van der Waals surface area contributed by atoms with Crippen LogP contribution in [0.1, 0.15) is 28.8 Å². The number of carbonyl (C=O) groups excluding carboxylic acids is 1. The minimum Gasteiger partial charge on any atom is -0.494 e. The third-order valence-corrected chi connectivity index (χ3v) is 4.67. The molecule has 1 amide bonds. The number of carbonyl (C=O) groups is 1. The Labute approximate surface area is 155 Å². The topological polar surface area (TPSA) is 55.6 Å². The first kappa shape index (κ1) is 19.3. The molecule has 1 aliphatic rings. The molecule has 1 fully saturated rings. The molecule has 2 aromatic carbocycles. The number of amides is 1. The first-order valence-electron chi connectivity index (χ1n) is 8.50. The van der Waals surface area contributed by atoms with Crippen LogP contribution in [0.15, 0.2) is 54.6 Å². The number of rotatable bonds is 5. The van der Waals surface area contributed by atoms with Crippen molar-refractivity contribution in [3.05, 3.63) is 65.7 Å². The molecule has 5 heteroatoms. The van der Waals surface area contributed by atoms with Gasteiger partial charge in [-0.15, -0.1) is 12.4 Å². The summed E-state index contributed by atoms with van der Waals surface area (Å²) in [5.41, 5.74) is 7.92. The molecule has 0 aliphatic carbocycles. The molecule has 1 heterocycles. The van der Waals surface area contributed by atoms with Gasteiger partial charge in [0.25, 0.3) is 5.91 Å². The summed E-state index contributed by atoms with van der Waals surface area (Å²) in [4.78, 5) is 14.7. The molecular formula is C20H25ClN2O2. The Hall–Kier alpha value is -2.04. The van der Waals surface area contributed by atoms with Gasteiger partial charge in [0, 0.05) is 24.6 Å². The van der Waals surface area contributed by atoms with Gasteiger partial charge in [-0.05, 0) is 49.2 Å². The third-order valence-electron chi connectivity index (χ3n) is 4.67. The monoisotopic (exact) mass is 360 g/mol. The van der Waals surface area contributed by atoms with Crippen LogP contribution >= 0.6 is 12.4 Å². The lowest BCUT2D eigenvalue weighted by Crippen LogP contribution is -2.29. The highest BCUT2D eigenvalue weighted by Crippen LogP contribution is 2.32. The van der Waals surface area contributed by atoms with Crippen molar-refractivity contribution in [2.24, 2.45) is 11.7 Å². The van der Waals surface area contributed by atoms with Crippen LogP contribution in [-0.2, 0) is 0 Å². The summed E-state index contributed by atoms with van der Waals surface area (Å²) in [6, 6.07) is 17.7. The normalized spacial score (nSPS) is 19.4. The molecule has 2 atom stereocenters. The van der Waals surface area contributed by atoms with Gasteiger partial charge in [0.15, 0.2) is 0 Å². The first-order chi connectivity index (χ1) is 11.7. The Morgan fingerprint density at radius 2 is 1.80 bits per heavy atom. The summed E-state index contributed by atoms with van der Waals surface area (Å²) in [5, 5.41) is 0. The number of hydrogen-bond donors (Lipinski definition) is 1. The Morgan fingerprint density at radius 3 is 2.40 bits per heavy atom. The quantitative estimate of drug-likeness (QED) is 0.889. The molecule has 2 N–H and O–H groups in total. The van der Waals surface area contributed by atoms with E-state index in [9.17, 15) is 4.79 Å². The van der Waals surface area contributed by atoms with Crippen LogP contribution < -0.4 is 10.5 Å². The number of ether oxygens (including phenoxy) is 1. The number of benzene rings is 2. The van der Waals surface area contributed by atoms with Gasteiger partial charge in [-0.3, -0.25) is 4.79 Å². The summed E-state index contributed by atoms with van der Waals surface area (Å²) in [5.74, 6) is 1.47. The van der Waals surface area contributed by atoms with E-state index in [4.69, 9.17) is 10.5 Å². The molecule has 0 unspecified atom stereocenters. The van der Waals surface area contributed by atoms with E-state index in [2.05, 4.69) is 12.1 Å². The van der Waals surface area contributed by atoms with Crippen molar-refractivity contribution in [3.8, 4) is 5.75 Å². The molecule has 4 nitrogen and oxygen atoms in total. The maximum Gasteiger partial charge on any atom is 0.253 e. The van der Waals surface area contributed by atoms with E-state index in [1.165, 1.54) is 5.56 Å². The molecule has 0 saturated carbocycles. The molecule has 1 saturated heterocycles. The van der Waals surface area contributed by atoms with Gasteiger partial charge in [0.05, 0.1) is 6.61 Å². The van der Waals surface area contributed by atoms with E-state index in [0.717, 1.165) is 12.3 Å². The minimum absolute atomic E-state index is 0. The molecule has 134 valence electrons. The molecule has 3 rings (SSSR count). The average Bonchev–Trinajstić information content (AvgIpc) is 3.07. The van der Waals surface area contributed by atoms with Crippen LogP contribution in [0, 0.1) is 5.92 Å². The molecule has 0 spiro atoms. The summed E-state index contributed by atoms with van der Waals surface area (Å²) < 4.78 is 5.43. The summed E-state index contributed by atoms with van der Waals surface area (Å²) in [6.45, 7) is 4.59. The number of likely N-dealkylation sites (tertiary alicyclic amines) is 1. The predicted octanol–water partition coefficient (Wildman–Crippen LogP) is 3.32. The number of halogens is 1. The van der Waals surface area contributed by atoms with Gasteiger partial charge >= 0.3 is 0 Å². The van der Waals surface area contributed by atoms with Crippen LogP contribution in [-0.4, -0.2) is 37.0 Å². The smallest absolute Gasteiger partial charge is 0.253 e. The maximum atomic E-state index is 12.8. The Morgan fingerprint density at radius 1 is 1.12 bits per heavy atom. The Kier molecular flexibility index (Phi) is 6.85. The zero-order chi connectivity index (χ0) is 16.9. The van der Waals surface area contributed by atoms with E-state index >= 15 is 0 Å². The van der Waals surface area contributed by atoms with Crippen molar-refractivity contribution in [1.29, 1.82) is 0 Å². The summed E-state index contributed by atoms with van der Waals surface area (Å²) in [6.07, 6.45) is 0. The number of nitrogens with zero attached hydrogens (tertiary/aromatic N) is 1. The highest BCUT2D eigenvalue weighted by molar-refractivity contribution is 5.94. The third kappa shape index (κ3) is 4.33. The van der Waals surface area contributed by atoms with Gasteiger partial charge < -0.3 is 15.4 Å². The second-order valence-corrected chi connectivity index (χ2v) is 6.18. The van der Waals surface area contributed by atoms with Crippen LogP contribution in [0.2, 0.25) is 0 Å². The number of hydrogen-bond acceptors (Lipinski definition) is 3. The van der Waals surface area contributed by atoms with Crippen molar-refractivity contribution < 1.29 is 9.53 Å². The van der Waals surface area contributed by atoms with Crippen molar-refractivity contribution in [3.63, 3.8) is 0 Å². The van der Waals surface area contributed by atoms with Crippen molar-refractivity contribution in [1.82, 2.24) is 4.90 Å². The van der Waals surface area contributed by atoms with Crippen LogP contribution in [0.4, 0.5) is 0 Å². The van der Waals surface area contributed by atoms with Gasteiger partial charge in [0.2, 0.25) is 0 Å². The molecule has 0 radical (unpaired) electrons. The Bertz CT molecular complexity index is 676. The van der Waals surface area contributed by atoms with E-state index < -0.39 is 0 Å². The fourth-order valence-corrected chi connectivity index (χ4v) is 3.40. The maximum absolute atomic E-state index is 12.8. The second kappa shape index (κ2) is 8.88. The zero-order valence-electron chi connectivity index (χ0n) is 14.4. The van der Waals surface area contributed by atoms with Crippen molar-refractivity contribution >= 4 is 18.3 Å². The SMILES string of the molecule is CCOc1ccc(C(=O)N2C[C@@H](CN)[C@H](c3ccccc3)C2)cc1.Cl. The number of nitrogens with two attached hydrogens (primary N) is 1. The summed E-state index contributed by atoms with van der Waals surface area (Å²) >= 11 is 0. The standard InChI is InChI=1S/C20H24N2O2.ClH/c1-2-24-18-10-8-16(9-11-18)20(23)22-13-17(12-21)19(14-22)15-6-4-3-5-7-15;/h3-11,17,19H,2,12-14,21H2,1H3;1H/t17-,19+;/m1./s1. The van der Waals surface area contributed by atoms with E-state index in [0.29, 0.717) is 37.1 Å². The lowest BCUT2D eigenvalue weighted by atomic mass is 9.89. The molecule has 1 aliphatic heterocycles. The van der Waals surface area contributed by atoms with Gasteiger partial charge in [-0.1, -0.05) is 30.3 Å².